The SMILES string of the molecule is CCCCNS(=O)(=O)c1cc(OC)c(Cl)cc1OC. The molecule has 0 radical (unpaired) electrons. The first kappa shape index (κ1) is 16.1. The lowest BCUT2D eigenvalue weighted by atomic mass is 10.3. The molecule has 0 aromatic heterocycles. The van der Waals surface area contributed by atoms with Crippen LogP contribution in [0.5, 0.6) is 11.5 Å². The fourth-order valence-electron chi connectivity index (χ4n) is 1.50. The molecule has 0 aliphatic carbocycles. The molecule has 0 aliphatic heterocycles. The van der Waals surface area contributed by atoms with Gasteiger partial charge in [-0.2, -0.15) is 0 Å². The molecule has 0 fully saturated rings. The maximum Gasteiger partial charge on any atom is 0.244 e. The minimum absolute atomic E-state index is 0.0207. The minimum Gasteiger partial charge on any atom is -0.495 e. The second-order valence-corrected chi connectivity index (χ2v) is 6.03. The topological polar surface area (TPSA) is 64.6 Å². The molecule has 0 atom stereocenters. The third kappa shape index (κ3) is 3.99. The van der Waals surface area contributed by atoms with E-state index < -0.39 is 10.0 Å². The van der Waals surface area contributed by atoms with Crippen molar-refractivity contribution in [1.29, 1.82) is 0 Å². The van der Waals surface area contributed by atoms with Crippen molar-refractivity contribution in [2.45, 2.75) is 24.7 Å². The quantitative estimate of drug-likeness (QED) is 0.786. The van der Waals surface area contributed by atoms with Crippen LogP contribution in [0.25, 0.3) is 0 Å². The van der Waals surface area contributed by atoms with Gasteiger partial charge >= 0.3 is 0 Å². The van der Waals surface area contributed by atoms with E-state index in [0.29, 0.717) is 17.3 Å². The van der Waals surface area contributed by atoms with Gasteiger partial charge in [0.2, 0.25) is 10.0 Å². The van der Waals surface area contributed by atoms with Gasteiger partial charge in [-0.3, -0.25) is 0 Å². The van der Waals surface area contributed by atoms with Gasteiger partial charge in [0, 0.05) is 18.7 Å². The van der Waals surface area contributed by atoms with Crippen LogP contribution in [0.15, 0.2) is 17.0 Å². The fraction of sp³-hybridized carbons (Fsp3) is 0.500. The Kier molecular flexibility index (Phi) is 5.90. The van der Waals surface area contributed by atoms with Gasteiger partial charge in [-0.25, -0.2) is 13.1 Å². The zero-order valence-corrected chi connectivity index (χ0v) is 12.8. The summed E-state index contributed by atoms with van der Waals surface area (Å²) in [5.41, 5.74) is 0. The van der Waals surface area contributed by atoms with Crippen molar-refractivity contribution in [3.63, 3.8) is 0 Å². The van der Waals surface area contributed by atoms with Crippen molar-refractivity contribution in [2.75, 3.05) is 20.8 Å². The Bertz CT molecular complexity index is 531. The highest BCUT2D eigenvalue weighted by Crippen LogP contribution is 2.34. The molecular formula is C12H18ClNO4S. The van der Waals surface area contributed by atoms with Gasteiger partial charge in [-0.05, 0) is 6.42 Å². The first-order chi connectivity index (χ1) is 8.96. The molecule has 1 N–H and O–H groups in total. The summed E-state index contributed by atoms with van der Waals surface area (Å²) >= 11 is 5.94. The Hall–Kier alpha value is -0.980. The number of hydrogen-bond acceptors (Lipinski definition) is 4. The molecule has 7 heteroatoms. The van der Waals surface area contributed by atoms with Gasteiger partial charge in [0.15, 0.2) is 0 Å². The maximum atomic E-state index is 12.2. The molecule has 0 bridgehead atoms. The van der Waals surface area contributed by atoms with Crippen molar-refractivity contribution in [2.24, 2.45) is 0 Å². The number of rotatable bonds is 7. The van der Waals surface area contributed by atoms with Gasteiger partial charge in [0.25, 0.3) is 0 Å². The third-order valence-electron chi connectivity index (χ3n) is 2.55. The summed E-state index contributed by atoms with van der Waals surface area (Å²) in [6.45, 7) is 2.37. The average molecular weight is 308 g/mol. The predicted molar refractivity (Wildman–Crippen MR) is 74.7 cm³/mol. The second kappa shape index (κ2) is 6.98. The van der Waals surface area contributed by atoms with Crippen LogP contribution in [0.3, 0.4) is 0 Å². The summed E-state index contributed by atoms with van der Waals surface area (Å²) in [6, 6.07) is 2.78. The standard InChI is InChI=1S/C12H18ClNO4S/c1-4-5-6-14-19(15,16)12-8-10(17-2)9(13)7-11(12)18-3/h7-8,14H,4-6H2,1-3H3. The van der Waals surface area contributed by atoms with Gasteiger partial charge < -0.3 is 9.47 Å². The number of methoxy groups -OCH3 is 2. The molecule has 0 saturated carbocycles. The number of sulfonamides is 1. The van der Waals surface area contributed by atoms with Gasteiger partial charge in [0.05, 0.1) is 19.2 Å². The summed E-state index contributed by atoms with van der Waals surface area (Å²) in [6.07, 6.45) is 1.68. The Balaban J connectivity index is 3.16. The number of ether oxygens (including phenoxy) is 2. The normalized spacial score (nSPS) is 11.4. The summed E-state index contributed by atoms with van der Waals surface area (Å²) in [5.74, 6) is 0.480. The van der Waals surface area contributed by atoms with E-state index in [-0.39, 0.29) is 10.6 Å². The van der Waals surface area contributed by atoms with Crippen molar-refractivity contribution in [3.8, 4) is 11.5 Å². The van der Waals surface area contributed by atoms with E-state index in [1.165, 1.54) is 26.4 Å². The van der Waals surface area contributed by atoms with Crippen LogP contribution in [-0.2, 0) is 10.0 Å². The fourth-order valence-corrected chi connectivity index (χ4v) is 2.97. The first-order valence-corrected chi connectivity index (χ1v) is 7.73. The molecule has 1 rings (SSSR count). The predicted octanol–water partition coefficient (Wildman–Crippen LogP) is 2.44. The molecule has 1 aromatic rings. The van der Waals surface area contributed by atoms with E-state index in [0.717, 1.165) is 12.8 Å². The first-order valence-electron chi connectivity index (χ1n) is 5.87. The third-order valence-corrected chi connectivity index (χ3v) is 4.33. The van der Waals surface area contributed by atoms with Crippen molar-refractivity contribution in [1.82, 2.24) is 4.72 Å². The zero-order chi connectivity index (χ0) is 14.5. The van der Waals surface area contributed by atoms with Crippen LogP contribution in [0.2, 0.25) is 5.02 Å². The van der Waals surface area contributed by atoms with Crippen LogP contribution < -0.4 is 14.2 Å². The van der Waals surface area contributed by atoms with Crippen molar-refractivity contribution < 1.29 is 17.9 Å². The van der Waals surface area contributed by atoms with Gasteiger partial charge in [-0.1, -0.05) is 24.9 Å². The molecule has 0 heterocycles. The number of unbranched alkanes of at least 4 members (excludes halogenated alkanes) is 1. The molecular weight excluding hydrogens is 290 g/mol. The number of halogens is 1. The molecule has 0 spiro atoms. The van der Waals surface area contributed by atoms with Gasteiger partial charge in [-0.15, -0.1) is 0 Å². The molecule has 1 aromatic carbocycles. The van der Waals surface area contributed by atoms with Crippen molar-refractivity contribution >= 4 is 21.6 Å². The molecule has 0 saturated heterocycles. The molecule has 0 amide bonds. The summed E-state index contributed by atoms with van der Waals surface area (Å²) in [4.78, 5) is 0.0207. The maximum absolute atomic E-state index is 12.2. The summed E-state index contributed by atoms with van der Waals surface area (Å²) in [7, 11) is -0.821. The lowest BCUT2D eigenvalue weighted by Crippen LogP contribution is -2.25. The minimum atomic E-state index is -3.64. The lowest BCUT2D eigenvalue weighted by molar-refractivity contribution is 0.392. The molecule has 0 aliphatic rings. The van der Waals surface area contributed by atoms with Crippen LogP contribution in [-0.4, -0.2) is 29.2 Å². The molecule has 19 heavy (non-hydrogen) atoms. The van der Waals surface area contributed by atoms with Crippen molar-refractivity contribution in [3.05, 3.63) is 17.2 Å². The number of hydrogen-bond donors (Lipinski definition) is 1. The number of benzene rings is 1. The summed E-state index contributed by atoms with van der Waals surface area (Å²) in [5, 5.41) is 0.298. The second-order valence-electron chi connectivity index (χ2n) is 3.89. The Morgan fingerprint density at radius 1 is 1.21 bits per heavy atom. The highest BCUT2D eigenvalue weighted by Gasteiger charge is 2.21. The van der Waals surface area contributed by atoms with E-state index >= 15 is 0 Å². The Morgan fingerprint density at radius 3 is 2.37 bits per heavy atom. The molecule has 108 valence electrons. The smallest absolute Gasteiger partial charge is 0.244 e. The van der Waals surface area contributed by atoms with Crippen LogP contribution in [0.1, 0.15) is 19.8 Å². The largest absolute Gasteiger partial charge is 0.495 e. The lowest BCUT2D eigenvalue weighted by Gasteiger charge is -2.13. The van der Waals surface area contributed by atoms with Gasteiger partial charge in [0.1, 0.15) is 16.4 Å². The monoisotopic (exact) mass is 307 g/mol. The van der Waals surface area contributed by atoms with E-state index in [1.54, 1.807) is 0 Å². The average Bonchev–Trinajstić information content (AvgIpc) is 2.38. The van der Waals surface area contributed by atoms with E-state index in [4.69, 9.17) is 21.1 Å². The van der Waals surface area contributed by atoms with E-state index in [2.05, 4.69) is 4.72 Å². The van der Waals surface area contributed by atoms with Crippen LogP contribution >= 0.6 is 11.6 Å². The molecule has 5 nitrogen and oxygen atoms in total. The molecule has 0 unspecified atom stereocenters. The van der Waals surface area contributed by atoms with Crippen LogP contribution in [0, 0.1) is 0 Å². The highest BCUT2D eigenvalue weighted by atomic mass is 35.5. The highest BCUT2D eigenvalue weighted by molar-refractivity contribution is 7.89. The number of nitrogens with one attached hydrogen (secondary N) is 1. The van der Waals surface area contributed by atoms with E-state index in [1.807, 2.05) is 6.92 Å². The van der Waals surface area contributed by atoms with E-state index in [9.17, 15) is 8.42 Å². The zero-order valence-electron chi connectivity index (χ0n) is 11.2. The Morgan fingerprint density at radius 2 is 1.84 bits per heavy atom. The van der Waals surface area contributed by atoms with Crippen LogP contribution in [0.4, 0.5) is 0 Å². The summed E-state index contributed by atoms with van der Waals surface area (Å²) < 4.78 is 37.0. The Labute approximate surface area is 118 Å².